The van der Waals surface area contributed by atoms with E-state index in [2.05, 4.69) is 30.2 Å². The quantitative estimate of drug-likeness (QED) is 0.0552. The highest BCUT2D eigenvalue weighted by atomic mass is 35.5. The lowest BCUT2D eigenvalue weighted by Gasteiger charge is -2.29. The van der Waals surface area contributed by atoms with Crippen molar-refractivity contribution in [2.45, 2.75) is 87.6 Å². The van der Waals surface area contributed by atoms with Crippen LogP contribution in [0.4, 0.5) is 26.3 Å². The normalized spacial score (nSPS) is 16.1. The number of rotatable bonds is 21. The summed E-state index contributed by atoms with van der Waals surface area (Å²) in [6.45, 7) is 0.742. The third-order valence-corrected chi connectivity index (χ3v) is 13.8. The highest BCUT2D eigenvalue weighted by Crippen LogP contribution is 2.67. The fourth-order valence-corrected chi connectivity index (χ4v) is 8.75. The van der Waals surface area contributed by atoms with Crippen LogP contribution in [0.2, 0.25) is 10.0 Å². The van der Waals surface area contributed by atoms with Crippen molar-refractivity contribution in [3.05, 3.63) is 105 Å². The van der Waals surface area contributed by atoms with Gasteiger partial charge in [0.2, 0.25) is 17.7 Å². The van der Waals surface area contributed by atoms with Crippen LogP contribution in [-0.2, 0) is 22.4 Å². The average molecular weight is 1070 g/mol. The number of ether oxygens (including phenoxy) is 2. The molecule has 4 aromatic rings. The Hall–Kier alpha value is -5.88. The average Bonchev–Trinajstić information content (AvgIpc) is 4.27. The summed E-state index contributed by atoms with van der Waals surface area (Å²) in [5, 5.41) is 12.6. The Bertz CT molecular complexity index is 2510. The van der Waals surface area contributed by atoms with Crippen molar-refractivity contribution in [3.63, 3.8) is 0 Å². The van der Waals surface area contributed by atoms with Gasteiger partial charge < -0.3 is 46.9 Å². The number of carboxylic acid groups (broad SMARTS) is 1. The Morgan fingerprint density at radius 1 is 0.685 bits per heavy atom. The standard InChI is InChI=1S/C24H29ClF3N5O3.C12H18ClN3O.C12H13F3N2O3/c1-33(2)17(8-14-4-5-15(21(29)35)9-19(14)25)13-30-20(34)10-18(23(6-7-23)24(26,27)28)16-11-31-22(36-3)32-12-16;1-16(2)10(7-14)5-8-3-4-9(12(15)17)6-11(8)13;1-20-10-16-5-7(6-17-10)8(4-9(18)19)11(2-3-11)12(13,14)15/h4-5,9,11-12,17-18H,6-8,10,13H2,1-3H3,(H2,29,35)(H,30,34);3-4,6,10H,5,7,14H2,1-2H3,(H2,15,17);5-6,8H,2-4H2,1H3,(H,18,19)/t17-,18?;10-;/m00./s1. The van der Waals surface area contributed by atoms with Gasteiger partial charge in [0.25, 0.3) is 0 Å². The van der Waals surface area contributed by atoms with Crippen LogP contribution in [-0.4, -0.2) is 138 Å². The summed E-state index contributed by atoms with van der Waals surface area (Å²) in [5.74, 6) is -5.14. The predicted octanol–water partition coefficient (Wildman–Crippen LogP) is 6.60. The van der Waals surface area contributed by atoms with Crippen LogP contribution >= 0.6 is 23.2 Å². The zero-order valence-corrected chi connectivity index (χ0v) is 42.5. The zero-order valence-electron chi connectivity index (χ0n) is 41.0. The number of nitrogens with two attached hydrogens (primary N) is 3. The summed E-state index contributed by atoms with van der Waals surface area (Å²) < 4.78 is 91.0. The van der Waals surface area contributed by atoms with Gasteiger partial charge in [0.05, 0.1) is 31.5 Å². The second kappa shape index (κ2) is 25.4. The number of carbonyl (C=O) groups excluding carboxylic acids is 3. The number of carboxylic acids is 1. The minimum atomic E-state index is -4.46. The number of nitrogens with zero attached hydrogens (tertiary/aromatic N) is 6. The van der Waals surface area contributed by atoms with Gasteiger partial charge in [0, 0.05) is 89.4 Å². The second-order valence-electron chi connectivity index (χ2n) is 18.2. The fraction of sp³-hybridized carbons (Fsp3) is 0.500. The maximum absolute atomic E-state index is 14.0. The largest absolute Gasteiger partial charge is 0.481 e. The van der Waals surface area contributed by atoms with E-state index in [1.165, 1.54) is 45.1 Å². The number of aromatic nitrogens is 4. The second-order valence-corrected chi connectivity index (χ2v) is 19.1. The molecule has 0 spiro atoms. The van der Waals surface area contributed by atoms with Crippen LogP contribution < -0.4 is 32.0 Å². The number of carbonyl (C=O) groups is 4. The number of nitrogens with one attached hydrogen (secondary N) is 1. The van der Waals surface area contributed by atoms with E-state index in [9.17, 15) is 45.5 Å². The monoisotopic (exact) mass is 1070 g/mol. The topological polar surface area (TPSA) is 255 Å². The van der Waals surface area contributed by atoms with Gasteiger partial charge >= 0.3 is 30.3 Å². The molecule has 4 atom stereocenters. The van der Waals surface area contributed by atoms with Crippen LogP contribution in [0, 0.1) is 10.8 Å². The molecule has 2 heterocycles. The summed E-state index contributed by atoms with van der Waals surface area (Å²) in [7, 11) is 10.3. The van der Waals surface area contributed by atoms with Crippen LogP contribution in [0.15, 0.2) is 61.2 Å². The Balaban J connectivity index is 0.000000262. The van der Waals surface area contributed by atoms with Crippen LogP contribution in [0.25, 0.3) is 0 Å². The number of alkyl halides is 6. The predicted molar refractivity (Wildman–Crippen MR) is 259 cm³/mol. The number of methoxy groups -OCH3 is 2. The molecule has 0 radical (unpaired) electrons. The Kier molecular flexibility index (Phi) is 20.7. The zero-order chi connectivity index (χ0) is 54.6. The molecule has 3 amide bonds. The van der Waals surface area contributed by atoms with Gasteiger partial charge in [-0.25, -0.2) is 19.9 Å². The van der Waals surface area contributed by atoms with E-state index >= 15 is 0 Å². The van der Waals surface area contributed by atoms with Crippen LogP contribution in [0.3, 0.4) is 0 Å². The van der Waals surface area contributed by atoms with E-state index in [0.717, 1.165) is 17.5 Å². The fourth-order valence-electron chi connectivity index (χ4n) is 8.23. The SMILES string of the molecule is CN(C)[C@H](CN)Cc1ccc(C(N)=O)cc1Cl.COc1ncc(C(CC(=O)NC[C@H](Cc2ccc(C(N)=O)cc2Cl)N(C)C)C2(C(F)(F)F)CC2)cn1.COc1ncc(C(CC(=O)O)C2(C(F)(F)F)CC2)cn1. The minimum Gasteiger partial charge on any atom is -0.481 e. The summed E-state index contributed by atoms with van der Waals surface area (Å²) in [5.41, 5.74) is 15.1. The van der Waals surface area contributed by atoms with E-state index in [4.69, 9.17) is 55.0 Å². The van der Waals surface area contributed by atoms with Gasteiger partial charge in [-0.1, -0.05) is 35.3 Å². The number of hydrogen-bond acceptors (Lipinski definition) is 13. The number of aliphatic carboxylic acids is 1. The third-order valence-electron chi connectivity index (χ3n) is 13.1. The first-order valence-electron chi connectivity index (χ1n) is 22.7. The Morgan fingerprint density at radius 3 is 1.34 bits per heavy atom. The highest BCUT2D eigenvalue weighted by molar-refractivity contribution is 6.32. The molecule has 8 N–H and O–H groups in total. The first kappa shape index (κ1) is 59.7. The van der Waals surface area contributed by atoms with Crippen molar-refractivity contribution in [1.82, 2.24) is 35.1 Å². The molecule has 6 rings (SSSR count). The maximum atomic E-state index is 14.0. The molecule has 2 saturated carbocycles. The van der Waals surface area contributed by atoms with Gasteiger partial charge in [0.15, 0.2) is 0 Å². The lowest BCUT2D eigenvalue weighted by atomic mass is 9.81. The molecule has 2 fully saturated rings. The number of primary amides is 2. The first-order chi connectivity index (χ1) is 34.1. The van der Waals surface area contributed by atoms with Gasteiger partial charge in [-0.2, -0.15) is 26.3 Å². The molecule has 73 heavy (non-hydrogen) atoms. The van der Waals surface area contributed by atoms with Gasteiger partial charge in [-0.05, 0) is 113 Å². The molecule has 25 heteroatoms. The number of benzene rings is 2. The molecule has 400 valence electrons. The summed E-state index contributed by atoms with van der Waals surface area (Å²) in [6, 6.07) is 9.96. The van der Waals surface area contributed by atoms with E-state index < -0.39 is 65.1 Å². The molecule has 2 aliphatic rings. The molecule has 2 aromatic heterocycles. The maximum Gasteiger partial charge on any atom is 0.395 e. The molecule has 0 saturated heterocycles. The molecular formula is C48H60Cl2F6N10O7. The van der Waals surface area contributed by atoms with Crippen molar-refractivity contribution >= 4 is 46.9 Å². The summed E-state index contributed by atoms with van der Waals surface area (Å²) in [6.07, 6.45) is -3.94. The van der Waals surface area contributed by atoms with E-state index in [1.54, 1.807) is 24.3 Å². The highest BCUT2D eigenvalue weighted by Gasteiger charge is 2.68. The smallest absolute Gasteiger partial charge is 0.395 e. The summed E-state index contributed by atoms with van der Waals surface area (Å²) >= 11 is 12.4. The van der Waals surface area contributed by atoms with Crippen LogP contribution in [0.1, 0.15) is 93.3 Å². The van der Waals surface area contributed by atoms with Gasteiger partial charge in [0.1, 0.15) is 0 Å². The van der Waals surface area contributed by atoms with Gasteiger partial charge in [-0.15, -0.1) is 0 Å². The molecular weight excluding hydrogens is 1010 g/mol. The minimum absolute atomic E-state index is 0.0275. The number of likely N-dealkylation sites (N-methyl/N-ethyl adjacent to an activating group) is 2. The molecule has 2 unspecified atom stereocenters. The Labute approximate surface area is 428 Å². The van der Waals surface area contributed by atoms with Crippen molar-refractivity contribution in [2.75, 3.05) is 55.5 Å². The summed E-state index contributed by atoms with van der Waals surface area (Å²) in [4.78, 5) is 65.4. The van der Waals surface area contributed by atoms with Crippen molar-refractivity contribution in [1.29, 1.82) is 0 Å². The van der Waals surface area contributed by atoms with Gasteiger partial charge in [-0.3, -0.25) is 19.2 Å². The van der Waals surface area contributed by atoms with E-state index in [-0.39, 0.29) is 79.4 Å². The molecule has 0 aliphatic heterocycles. The van der Waals surface area contributed by atoms with Crippen molar-refractivity contribution < 1.29 is 60.1 Å². The molecule has 17 nitrogen and oxygen atoms in total. The molecule has 2 aliphatic carbocycles. The molecule has 0 bridgehead atoms. The van der Waals surface area contributed by atoms with E-state index in [1.807, 2.05) is 39.2 Å². The Morgan fingerprint density at radius 2 is 1.05 bits per heavy atom. The molecule has 2 aromatic carbocycles. The lowest BCUT2D eigenvalue weighted by molar-refractivity contribution is -0.196. The van der Waals surface area contributed by atoms with Crippen molar-refractivity contribution in [2.24, 2.45) is 28.0 Å². The first-order valence-corrected chi connectivity index (χ1v) is 23.4. The van der Waals surface area contributed by atoms with Crippen LogP contribution in [0.5, 0.6) is 12.0 Å². The van der Waals surface area contributed by atoms with E-state index in [0.29, 0.717) is 28.6 Å². The number of halogens is 8. The number of amides is 3. The number of hydrogen-bond donors (Lipinski definition) is 5. The lowest BCUT2D eigenvalue weighted by Crippen LogP contribution is -2.42. The van der Waals surface area contributed by atoms with Crippen molar-refractivity contribution in [3.8, 4) is 12.0 Å². The third kappa shape index (κ3) is 15.8.